The molecular weight excluding hydrogens is 352 g/mol. The molecule has 3 rings (SSSR count). The summed E-state index contributed by atoms with van der Waals surface area (Å²) in [6.45, 7) is 8.40. The van der Waals surface area contributed by atoms with Gasteiger partial charge in [0, 0.05) is 31.3 Å². The molecule has 0 atom stereocenters. The van der Waals surface area contributed by atoms with Crippen LogP contribution in [0.1, 0.15) is 47.4 Å². The molecule has 0 aliphatic heterocycles. The Bertz CT molecular complexity index is 789. The van der Waals surface area contributed by atoms with Crippen LogP contribution in [0.5, 0.6) is 5.75 Å². The van der Waals surface area contributed by atoms with Crippen molar-refractivity contribution in [1.29, 1.82) is 0 Å². The van der Waals surface area contributed by atoms with Crippen LogP contribution < -0.4 is 15.4 Å². The number of aromatic nitrogens is 1. The Morgan fingerprint density at radius 3 is 2.75 bits per heavy atom. The molecule has 1 heterocycles. The van der Waals surface area contributed by atoms with Crippen LogP contribution in [0.25, 0.3) is 0 Å². The highest BCUT2D eigenvalue weighted by atomic mass is 16.5. The van der Waals surface area contributed by atoms with Crippen molar-refractivity contribution in [2.75, 3.05) is 20.2 Å². The fourth-order valence-electron chi connectivity index (χ4n) is 3.16. The van der Waals surface area contributed by atoms with Crippen LogP contribution in [0.4, 0.5) is 0 Å². The number of nitrogens with one attached hydrogen (secondary N) is 2. The predicted molar refractivity (Wildman–Crippen MR) is 112 cm³/mol. The van der Waals surface area contributed by atoms with Crippen LogP contribution in [0.15, 0.2) is 27.7 Å². The van der Waals surface area contributed by atoms with Crippen LogP contribution in [-0.4, -0.2) is 31.3 Å². The Labute approximate surface area is 167 Å². The van der Waals surface area contributed by atoms with Crippen molar-refractivity contribution < 1.29 is 9.26 Å². The lowest BCUT2D eigenvalue weighted by molar-refractivity contribution is 0.296. The fourth-order valence-corrected chi connectivity index (χ4v) is 3.16. The first-order chi connectivity index (χ1) is 13.6. The van der Waals surface area contributed by atoms with Crippen LogP contribution in [-0.2, 0) is 13.0 Å². The Morgan fingerprint density at radius 2 is 2.07 bits per heavy atom. The van der Waals surface area contributed by atoms with Crippen LogP contribution in [0, 0.1) is 26.7 Å². The maximum absolute atomic E-state index is 6.06. The van der Waals surface area contributed by atoms with Crippen molar-refractivity contribution in [2.24, 2.45) is 10.9 Å². The molecule has 0 unspecified atom stereocenters. The minimum Gasteiger partial charge on any atom is -0.493 e. The van der Waals surface area contributed by atoms with Gasteiger partial charge in [0.2, 0.25) is 0 Å². The van der Waals surface area contributed by atoms with Gasteiger partial charge in [-0.15, -0.1) is 0 Å². The van der Waals surface area contributed by atoms with E-state index in [0.717, 1.165) is 60.6 Å². The Hall–Kier alpha value is -2.50. The smallest absolute Gasteiger partial charge is 0.191 e. The monoisotopic (exact) mass is 384 g/mol. The zero-order valence-electron chi connectivity index (χ0n) is 17.5. The molecule has 0 radical (unpaired) electrons. The lowest BCUT2D eigenvalue weighted by atomic mass is 10.1. The van der Waals surface area contributed by atoms with Crippen molar-refractivity contribution in [1.82, 2.24) is 15.8 Å². The van der Waals surface area contributed by atoms with Crippen molar-refractivity contribution in [2.45, 2.75) is 53.0 Å². The van der Waals surface area contributed by atoms with Gasteiger partial charge >= 0.3 is 0 Å². The summed E-state index contributed by atoms with van der Waals surface area (Å²) in [4.78, 5) is 4.33. The molecule has 0 amide bonds. The third-order valence-electron chi connectivity index (χ3n) is 5.14. The molecule has 6 nitrogen and oxygen atoms in total. The molecule has 0 saturated heterocycles. The molecular formula is C22H32N4O2. The van der Waals surface area contributed by atoms with Gasteiger partial charge < -0.3 is 19.9 Å². The molecule has 28 heavy (non-hydrogen) atoms. The summed E-state index contributed by atoms with van der Waals surface area (Å²) in [7, 11) is 1.79. The molecule has 1 aromatic carbocycles. The average Bonchev–Trinajstić information content (AvgIpc) is 3.46. The van der Waals surface area contributed by atoms with Crippen LogP contribution in [0.2, 0.25) is 0 Å². The van der Waals surface area contributed by atoms with E-state index in [0.29, 0.717) is 6.54 Å². The number of hydrogen-bond acceptors (Lipinski definition) is 4. The highest BCUT2D eigenvalue weighted by Gasteiger charge is 2.22. The van der Waals surface area contributed by atoms with Gasteiger partial charge in [0.15, 0.2) is 5.96 Å². The van der Waals surface area contributed by atoms with E-state index in [1.807, 2.05) is 13.8 Å². The Kier molecular flexibility index (Phi) is 6.95. The van der Waals surface area contributed by atoms with Gasteiger partial charge in [-0.25, -0.2) is 0 Å². The summed E-state index contributed by atoms with van der Waals surface area (Å²) in [5.41, 5.74) is 4.57. The number of guanidine groups is 1. The number of hydrogen-bond donors (Lipinski definition) is 2. The largest absolute Gasteiger partial charge is 0.493 e. The highest BCUT2D eigenvalue weighted by molar-refractivity contribution is 5.79. The minimum absolute atomic E-state index is 0.684. The second kappa shape index (κ2) is 9.62. The second-order valence-corrected chi connectivity index (χ2v) is 7.62. The topological polar surface area (TPSA) is 71.7 Å². The van der Waals surface area contributed by atoms with Gasteiger partial charge in [-0.2, -0.15) is 0 Å². The van der Waals surface area contributed by atoms with Gasteiger partial charge in [0.05, 0.1) is 12.3 Å². The van der Waals surface area contributed by atoms with E-state index in [-0.39, 0.29) is 0 Å². The molecule has 2 N–H and O–H groups in total. The van der Waals surface area contributed by atoms with E-state index in [2.05, 4.69) is 45.9 Å². The lowest BCUT2D eigenvalue weighted by Gasteiger charge is -2.15. The molecule has 152 valence electrons. The second-order valence-electron chi connectivity index (χ2n) is 7.62. The fraction of sp³-hybridized carbons (Fsp3) is 0.545. The highest BCUT2D eigenvalue weighted by Crippen LogP contribution is 2.30. The first-order valence-electron chi connectivity index (χ1n) is 10.2. The summed E-state index contributed by atoms with van der Waals surface area (Å²) in [5.74, 6) is 3.44. The number of aliphatic imine (C=N–C) groups is 1. The molecule has 1 fully saturated rings. The minimum atomic E-state index is 0.684. The molecule has 1 aromatic heterocycles. The number of aryl methyl sites for hydroxylation is 3. The standard InChI is InChI=1S/C22H32N4O2/c1-15-7-10-19(21(12-15)27-14-18-8-9-18)13-25-22(23-4)24-11-5-6-20-16(2)26-28-17(20)3/h7,10,12,18H,5-6,8-9,11,13-14H2,1-4H3,(H2,23,24,25). The summed E-state index contributed by atoms with van der Waals surface area (Å²) < 4.78 is 11.3. The average molecular weight is 385 g/mol. The van der Waals surface area contributed by atoms with Crippen molar-refractivity contribution >= 4 is 5.96 Å². The first kappa shape index (κ1) is 20.2. The van der Waals surface area contributed by atoms with Crippen molar-refractivity contribution in [3.8, 4) is 5.75 Å². The van der Waals surface area contributed by atoms with Gasteiger partial charge in [-0.1, -0.05) is 17.3 Å². The number of benzene rings is 1. The summed E-state index contributed by atoms with van der Waals surface area (Å²) >= 11 is 0. The maximum atomic E-state index is 6.06. The summed E-state index contributed by atoms with van der Waals surface area (Å²) in [5, 5.41) is 10.8. The molecule has 0 spiro atoms. The molecule has 0 bridgehead atoms. The normalized spacial score (nSPS) is 14.2. The quantitative estimate of drug-likeness (QED) is 0.392. The predicted octanol–water partition coefficient (Wildman–Crippen LogP) is 3.69. The Morgan fingerprint density at radius 1 is 1.25 bits per heavy atom. The SMILES string of the molecule is CN=C(NCCCc1c(C)noc1C)NCc1ccc(C)cc1OCC1CC1. The van der Waals surface area contributed by atoms with E-state index in [1.165, 1.54) is 24.0 Å². The van der Waals surface area contributed by atoms with E-state index in [1.54, 1.807) is 7.05 Å². The summed E-state index contributed by atoms with van der Waals surface area (Å²) in [6.07, 6.45) is 4.53. The number of nitrogens with zero attached hydrogens (tertiary/aromatic N) is 2. The van der Waals surface area contributed by atoms with E-state index in [9.17, 15) is 0 Å². The number of ether oxygens (including phenoxy) is 1. The summed E-state index contributed by atoms with van der Waals surface area (Å²) in [6, 6.07) is 6.38. The zero-order valence-corrected chi connectivity index (χ0v) is 17.5. The third-order valence-corrected chi connectivity index (χ3v) is 5.14. The maximum Gasteiger partial charge on any atom is 0.191 e. The van der Waals surface area contributed by atoms with Gasteiger partial charge in [0.25, 0.3) is 0 Å². The Balaban J connectivity index is 1.46. The van der Waals surface area contributed by atoms with Crippen molar-refractivity contribution in [3.05, 3.63) is 46.3 Å². The zero-order chi connectivity index (χ0) is 19.9. The molecule has 1 aliphatic carbocycles. The third kappa shape index (κ3) is 5.75. The number of rotatable bonds is 9. The molecule has 1 aliphatic rings. The van der Waals surface area contributed by atoms with Crippen molar-refractivity contribution in [3.63, 3.8) is 0 Å². The van der Waals surface area contributed by atoms with Crippen LogP contribution in [0.3, 0.4) is 0 Å². The van der Waals surface area contributed by atoms with Gasteiger partial charge in [-0.05, 0) is 64.0 Å². The van der Waals surface area contributed by atoms with Gasteiger partial charge in [-0.3, -0.25) is 4.99 Å². The van der Waals surface area contributed by atoms with Crippen LogP contribution >= 0.6 is 0 Å². The van der Waals surface area contributed by atoms with E-state index < -0.39 is 0 Å². The first-order valence-corrected chi connectivity index (χ1v) is 10.2. The molecule has 1 saturated carbocycles. The molecule has 2 aromatic rings. The van der Waals surface area contributed by atoms with E-state index in [4.69, 9.17) is 9.26 Å². The molecule has 6 heteroatoms. The van der Waals surface area contributed by atoms with E-state index >= 15 is 0 Å². The van der Waals surface area contributed by atoms with Gasteiger partial charge in [0.1, 0.15) is 11.5 Å². The lowest BCUT2D eigenvalue weighted by Crippen LogP contribution is -2.37.